The van der Waals surface area contributed by atoms with E-state index in [-0.39, 0.29) is 5.92 Å². The average Bonchev–Trinajstić information content (AvgIpc) is 2.48. The molecule has 0 bridgehead atoms. The van der Waals surface area contributed by atoms with Crippen molar-refractivity contribution in [2.75, 3.05) is 32.7 Å². The Balaban J connectivity index is 2.01. The molecule has 1 heterocycles. The zero-order valence-electron chi connectivity index (χ0n) is 11.9. The Labute approximate surface area is 134 Å². The number of quaternary nitrogens is 1. The zero-order valence-corrected chi connectivity index (χ0v) is 14.3. The summed E-state index contributed by atoms with van der Waals surface area (Å²) in [7, 11) is -3.40. The van der Waals surface area contributed by atoms with Crippen LogP contribution in [0.4, 0.5) is 0 Å². The fraction of sp³-hybridized carbons (Fsp3) is 0.500. The Hall–Kier alpha value is -0.940. The number of benzene rings is 1. The topological polar surface area (TPSA) is 65.6 Å². The van der Waals surface area contributed by atoms with Crippen molar-refractivity contribution in [3.63, 3.8) is 0 Å². The van der Waals surface area contributed by atoms with Crippen LogP contribution in [0.15, 0.2) is 33.6 Å². The number of nitriles is 1. The van der Waals surface area contributed by atoms with Crippen LogP contribution in [0.25, 0.3) is 0 Å². The Kier molecular flexibility index (Phi) is 5.38. The lowest BCUT2D eigenvalue weighted by atomic mass is 10.2. The number of hydrogen-bond donors (Lipinski definition) is 1. The summed E-state index contributed by atoms with van der Waals surface area (Å²) in [6.07, 6.45) is 0. The highest BCUT2D eigenvalue weighted by Gasteiger charge is 2.30. The number of sulfonamides is 1. The molecule has 1 atom stereocenters. The molecule has 7 heteroatoms. The van der Waals surface area contributed by atoms with Crippen LogP contribution in [0.2, 0.25) is 0 Å². The van der Waals surface area contributed by atoms with Crippen molar-refractivity contribution in [3.8, 4) is 6.07 Å². The second-order valence-corrected chi connectivity index (χ2v) is 8.20. The molecule has 1 N–H and O–H groups in total. The van der Waals surface area contributed by atoms with Gasteiger partial charge < -0.3 is 4.90 Å². The van der Waals surface area contributed by atoms with E-state index in [2.05, 4.69) is 22.0 Å². The number of rotatable bonds is 4. The molecule has 1 fully saturated rings. The molecule has 1 aromatic rings. The van der Waals surface area contributed by atoms with Crippen molar-refractivity contribution in [2.24, 2.45) is 5.92 Å². The number of hydrogen-bond acceptors (Lipinski definition) is 3. The first-order valence-electron chi connectivity index (χ1n) is 6.92. The van der Waals surface area contributed by atoms with E-state index in [1.54, 1.807) is 24.3 Å². The maximum absolute atomic E-state index is 12.5. The van der Waals surface area contributed by atoms with E-state index in [0.29, 0.717) is 18.0 Å². The fourth-order valence-corrected chi connectivity index (χ4v) is 4.19. The maximum atomic E-state index is 12.5. The summed E-state index contributed by atoms with van der Waals surface area (Å²) in [5.41, 5.74) is 0. The minimum atomic E-state index is -3.40. The van der Waals surface area contributed by atoms with E-state index >= 15 is 0 Å². The normalized spacial score (nSPS) is 19.1. The first-order chi connectivity index (χ1) is 9.93. The van der Waals surface area contributed by atoms with Crippen LogP contribution in [0.3, 0.4) is 0 Å². The predicted molar refractivity (Wildman–Crippen MR) is 83.2 cm³/mol. The van der Waals surface area contributed by atoms with Crippen molar-refractivity contribution in [1.82, 2.24) is 4.31 Å². The van der Waals surface area contributed by atoms with Crippen LogP contribution >= 0.6 is 15.9 Å². The molecule has 1 aliphatic rings. The summed E-state index contributed by atoms with van der Waals surface area (Å²) < 4.78 is 27.5. The molecule has 2 rings (SSSR count). The summed E-state index contributed by atoms with van der Waals surface area (Å²) in [5.74, 6) is 0.00892. The van der Waals surface area contributed by atoms with Gasteiger partial charge in [-0.2, -0.15) is 9.57 Å². The minimum Gasteiger partial charge on any atom is -0.332 e. The van der Waals surface area contributed by atoms with Gasteiger partial charge in [0.25, 0.3) is 0 Å². The van der Waals surface area contributed by atoms with Crippen LogP contribution in [-0.2, 0) is 10.0 Å². The van der Waals surface area contributed by atoms with Crippen molar-refractivity contribution in [2.45, 2.75) is 11.8 Å². The van der Waals surface area contributed by atoms with Gasteiger partial charge in [-0.25, -0.2) is 8.42 Å². The first-order valence-corrected chi connectivity index (χ1v) is 9.15. The maximum Gasteiger partial charge on any atom is 0.243 e. The molecule has 5 nitrogen and oxygen atoms in total. The Morgan fingerprint density at radius 1 is 1.33 bits per heavy atom. The molecular formula is C14H19BrN3O2S+. The first kappa shape index (κ1) is 16.4. The zero-order chi connectivity index (χ0) is 15.5. The van der Waals surface area contributed by atoms with Gasteiger partial charge in [-0.1, -0.05) is 15.9 Å². The van der Waals surface area contributed by atoms with Gasteiger partial charge in [0, 0.05) is 4.47 Å². The van der Waals surface area contributed by atoms with E-state index < -0.39 is 10.0 Å². The minimum absolute atomic E-state index is 0.00892. The highest BCUT2D eigenvalue weighted by atomic mass is 79.9. The molecule has 21 heavy (non-hydrogen) atoms. The molecule has 1 aromatic carbocycles. The molecule has 0 saturated carbocycles. The van der Waals surface area contributed by atoms with Crippen LogP contribution in [-0.4, -0.2) is 45.4 Å². The molecule has 0 unspecified atom stereocenters. The SMILES string of the molecule is C[C@H](C#N)C[NH+]1CCN(S(=O)(=O)c2ccc(Br)cc2)CC1. The third kappa shape index (κ3) is 4.04. The molecule has 0 radical (unpaired) electrons. The van der Waals surface area contributed by atoms with Crippen LogP contribution in [0, 0.1) is 17.2 Å². The van der Waals surface area contributed by atoms with Crippen LogP contribution < -0.4 is 4.90 Å². The second-order valence-electron chi connectivity index (χ2n) is 5.34. The van der Waals surface area contributed by atoms with Gasteiger partial charge in [0.15, 0.2) is 0 Å². The highest BCUT2D eigenvalue weighted by molar-refractivity contribution is 9.10. The predicted octanol–water partition coefficient (Wildman–Crippen LogP) is 0.498. The number of halogens is 1. The van der Waals surface area contributed by atoms with Gasteiger partial charge >= 0.3 is 0 Å². The largest absolute Gasteiger partial charge is 0.332 e. The highest BCUT2D eigenvalue weighted by Crippen LogP contribution is 2.18. The standard InChI is InChI=1S/C14H18BrN3O2S/c1-12(10-16)11-17-6-8-18(9-7-17)21(19,20)14-4-2-13(15)3-5-14/h2-5,12H,6-9,11H2,1H3/p+1/t12-/m1/s1. The van der Waals surface area contributed by atoms with Crippen molar-refractivity contribution < 1.29 is 13.3 Å². The molecular weight excluding hydrogens is 354 g/mol. The van der Waals surface area contributed by atoms with Crippen molar-refractivity contribution >= 4 is 26.0 Å². The number of nitrogens with zero attached hydrogens (tertiary/aromatic N) is 2. The van der Waals surface area contributed by atoms with Gasteiger partial charge in [-0.05, 0) is 31.2 Å². The van der Waals surface area contributed by atoms with Gasteiger partial charge in [-0.15, -0.1) is 0 Å². The van der Waals surface area contributed by atoms with Gasteiger partial charge in [0.1, 0.15) is 0 Å². The van der Waals surface area contributed by atoms with Gasteiger partial charge in [0.2, 0.25) is 10.0 Å². The average molecular weight is 373 g/mol. The Bertz CT molecular complexity index is 617. The molecule has 0 aliphatic carbocycles. The lowest BCUT2D eigenvalue weighted by Crippen LogP contribution is -3.15. The Morgan fingerprint density at radius 2 is 1.90 bits per heavy atom. The molecule has 114 valence electrons. The van der Waals surface area contributed by atoms with E-state index in [9.17, 15) is 8.42 Å². The number of nitrogens with one attached hydrogen (secondary N) is 1. The molecule has 0 amide bonds. The Morgan fingerprint density at radius 3 is 2.43 bits per heavy atom. The second kappa shape index (κ2) is 6.88. The third-order valence-corrected chi connectivity index (χ3v) is 6.14. The van der Waals surface area contributed by atoms with Crippen molar-refractivity contribution in [1.29, 1.82) is 5.26 Å². The smallest absolute Gasteiger partial charge is 0.243 e. The van der Waals surface area contributed by atoms with E-state index in [1.807, 2.05) is 6.92 Å². The van der Waals surface area contributed by atoms with E-state index in [4.69, 9.17) is 5.26 Å². The fourth-order valence-electron chi connectivity index (χ4n) is 2.48. The monoisotopic (exact) mass is 372 g/mol. The van der Waals surface area contributed by atoms with Gasteiger partial charge in [0.05, 0.1) is 49.6 Å². The number of piperazine rings is 1. The lowest BCUT2D eigenvalue weighted by Gasteiger charge is -2.31. The molecule has 1 aliphatic heterocycles. The molecule has 0 aromatic heterocycles. The van der Waals surface area contributed by atoms with Crippen LogP contribution in [0.5, 0.6) is 0 Å². The van der Waals surface area contributed by atoms with Crippen molar-refractivity contribution in [3.05, 3.63) is 28.7 Å². The summed E-state index contributed by atoms with van der Waals surface area (Å²) >= 11 is 3.31. The summed E-state index contributed by atoms with van der Waals surface area (Å²) in [4.78, 5) is 1.63. The summed E-state index contributed by atoms with van der Waals surface area (Å²) in [6, 6.07) is 8.95. The molecule has 0 spiro atoms. The van der Waals surface area contributed by atoms with E-state index in [1.165, 1.54) is 9.21 Å². The quantitative estimate of drug-likeness (QED) is 0.836. The third-order valence-electron chi connectivity index (χ3n) is 3.70. The summed E-state index contributed by atoms with van der Waals surface area (Å²) in [5, 5.41) is 8.84. The van der Waals surface area contributed by atoms with Gasteiger partial charge in [-0.3, -0.25) is 0 Å². The molecule has 1 saturated heterocycles. The summed E-state index contributed by atoms with van der Waals surface area (Å²) in [6.45, 7) is 5.20. The van der Waals surface area contributed by atoms with E-state index in [0.717, 1.165) is 24.1 Å². The van der Waals surface area contributed by atoms with Crippen LogP contribution in [0.1, 0.15) is 6.92 Å². The lowest BCUT2D eigenvalue weighted by molar-refractivity contribution is -0.905.